The molecule has 0 saturated carbocycles. The predicted octanol–water partition coefficient (Wildman–Crippen LogP) is 1.26. The summed E-state index contributed by atoms with van der Waals surface area (Å²) in [5.74, 6) is 2.23. The zero-order valence-electron chi connectivity index (χ0n) is 14.9. The Balaban J connectivity index is 1.69. The summed E-state index contributed by atoms with van der Waals surface area (Å²) < 4.78 is -0.0210. The van der Waals surface area contributed by atoms with Crippen molar-refractivity contribution in [3.05, 3.63) is 28.8 Å². The maximum absolute atomic E-state index is 13.5. The highest BCUT2D eigenvalue weighted by Crippen LogP contribution is 2.43. The first-order valence-corrected chi connectivity index (χ1v) is 9.57. The highest BCUT2D eigenvalue weighted by atomic mass is 35.5. The number of thiocarbonyl (C=S) groups is 1. The van der Waals surface area contributed by atoms with Crippen LogP contribution in [-0.4, -0.2) is 64.7 Å². The lowest BCUT2D eigenvalue weighted by molar-refractivity contribution is -0.851. The molecule has 3 amide bonds. The van der Waals surface area contributed by atoms with Crippen molar-refractivity contribution in [2.75, 3.05) is 31.2 Å². The molecule has 4 atom stereocenters. The first kappa shape index (κ1) is 18.9. The lowest BCUT2D eigenvalue weighted by Crippen LogP contribution is -2.64. The van der Waals surface area contributed by atoms with E-state index in [1.54, 1.807) is 18.2 Å². The summed E-state index contributed by atoms with van der Waals surface area (Å²) in [5, 5.41) is 12.2. The van der Waals surface area contributed by atoms with Crippen molar-refractivity contribution in [1.29, 1.82) is 5.26 Å². The van der Waals surface area contributed by atoms with Crippen LogP contribution in [0.4, 0.5) is 10.5 Å². The number of halogens is 1. The summed E-state index contributed by atoms with van der Waals surface area (Å²) in [7, 11) is 0. The van der Waals surface area contributed by atoms with Crippen LogP contribution in [0.5, 0.6) is 0 Å². The molecule has 3 fully saturated rings. The van der Waals surface area contributed by atoms with E-state index in [9.17, 15) is 9.59 Å². The molecule has 142 valence electrons. The molecule has 3 heterocycles. The number of carbonyl (C=O) groups excluding carboxylic acids is 2. The molecule has 2 bridgehead atoms. The van der Waals surface area contributed by atoms with Crippen LogP contribution in [0.3, 0.4) is 0 Å². The van der Waals surface area contributed by atoms with Crippen molar-refractivity contribution in [3.8, 4) is 18.4 Å². The Morgan fingerprint density at radius 2 is 2.21 bits per heavy atom. The van der Waals surface area contributed by atoms with Crippen molar-refractivity contribution in [2.45, 2.75) is 18.5 Å². The fourth-order valence-electron chi connectivity index (χ4n) is 4.44. The van der Waals surface area contributed by atoms with Crippen molar-refractivity contribution < 1.29 is 14.1 Å². The number of anilines is 1. The molecule has 0 aliphatic carbocycles. The normalized spacial score (nSPS) is 30.1. The van der Waals surface area contributed by atoms with Gasteiger partial charge in [-0.05, 0) is 17.7 Å². The van der Waals surface area contributed by atoms with Gasteiger partial charge in [-0.2, -0.15) is 10.2 Å². The number of terminal acetylenes is 1. The van der Waals surface area contributed by atoms with Gasteiger partial charge < -0.3 is 5.32 Å². The monoisotopic (exact) mass is 414 g/mol. The minimum atomic E-state index is -0.491. The van der Waals surface area contributed by atoms with Crippen LogP contribution < -0.4 is 10.2 Å². The second-order valence-corrected chi connectivity index (χ2v) is 7.98. The Morgan fingerprint density at radius 3 is 2.89 bits per heavy atom. The van der Waals surface area contributed by atoms with Crippen LogP contribution in [0.2, 0.25) is 5.02 Å². The number of urea groups is 1. The number of carbonyl (C=O) groups is 2. The van der Waals surface area contributed by atoms with Gasteiger partial charge in [-0.15, -0.1) is 6.42 Å². The van der Waals surface area contributed by atoms with Crippen LogP contribution in [0.1, 0.15) is 5.56 Å². The molecule has 1 aromatic rings. The van der Waals surface area contributed by atoms with Crippen LogP contribution in [-0.2, 0) is 11.2 Å². The third kappa shape index (κ3) is 2.54. The number of amides is 3. The first-order valence-electron chi connectivity index (χ1n) is 8.79. The molecule has 3 saturated heterocycles. The van der Waals surface area contributed by atoms with Crippen LogP contribution in [0.15, 0.2) is 18.2 Å². The van der Waals surface area contributed by atoms with Crippen LogP contribution >= 0.6 is 23.8 Å². The molecule has 4 unspecified atom stereocenters. The maximum atomic E-state index is 13.5. The number of piperazine rings is 1. The number of nitrogens with one attached hydrogen (secondary N) is 1. The molecule has 9 heteroatoms. The number of benzene rings is 1. The van der Waals surface area contributed by atoms with Gasteiger partial charge in [-0.3, -0.25) is 4.79 Å². The van der Waals surface area contributed by atoms with E-state index in [0.29, 0.717) is 41.0 Å². The van der Waals surface area contributed by atoms with E-state index in [0.717, 1.165) is 0 Å². The zero-order chi connectivity index (χ0) is 20.1. The average molecular weight is 415 g/mol. The molecule has 0 aromatic heterocycles. The topological polar surface area (TPSA) is 76.4 Å². The second-order valence-electron chi connectivity index (χ2n) is 7.13. The van der Waals surface area contributed by atoms with Crippen molar-refractivity contribution in [3.63, 3.8) is 0 Å². The van der Waals surface area contributed by atoms with Gasteiger partial charge in [-0.1, -0.05) is 35.8 Å². The van der Waals surface area contributed by atoms with Gasteiger partial charge in [0.2, 0.25) is 0 Å². The number of imide groups is 1. The van der Waals surface area contributed by atoms with E-state index in [-0.39, 0.29) is 35.4 Å². The molecule has 1 aromatic carbocycles. The smallest absolute Gasteiger partial charge is 0.364 e. The van der Waals surface area contributed by atoms with E-state index in [4.69, 9.17) is 35.5 Å². The molecule has 1 N–H and O–H groups in total. The SMILES string of the molecule is C#CCNC(=S)C1CN2CC3C(=O)N(c4ccc(CC#N)c(Cl)c4)C(=O)[N+]31C2. The number of nitriles is 1. The summed E-state index contributed by atoms with van der Waals surface area (Å²) >= 11 is 11.7. The fourth-order valence-corrected chi connectivity index (χ4v) is 5.01. The van der Waals surface area contributed by atoms with E-state index in [1.165, 1.54) is 4.90 Å². The minimum absolute atomic E-state index is 0.0210. The highest BCUT2D eigenvalue weighted by molar-refractivity contribution is 7.80. The summed E-state index contributed by atoms with van der Waals surface area (Å²) in [6.07, 6.45) is 5.46. The lowest BCUT2D eigenvalue weighted by Gasteiger charge is -2.34. The molecule has 0 radical (unpaired) electrons. The van der Waals surface area contributed by atoms with Gasteiger partial charge in [0, 0.05) is 5.02 Å². The Kier molecular flexibility index (Phi) is 4.60. The maximum Gasteiger partial charge on any atom is 0.433 e. The number of fused-ring (bicyclic) bond motifs is 1. The lowest BCUT2D eigenvalue weighted by atomic mass is 10.1. The number of nitrogens with zero attached hydrogens (tertiary/aromatic N) is 4. The van der Waals surface area contributed by atoms with E-state index in [1.807, 2.05) is 6.07 Å². The number of rotatable bonds is 4. The molecule has 3 aliphatic rings. The molecule has 1 spiro atoms. The second kappa shape index (κ2) is 6.84. The van der Waals surface area contributed by atoms with Crippen LogP contribution in [0.25, 0.3) is 0 Å². The molecule has 28 heavy (non-hydrogen) atoms. The van der Waals surface area contributed by atoms with Gasteiger partial charge in [0.25, 0.3) is 5.91 Å². The number of hydrogen-bond acceptors (Lipinski definition) is 5. The predicted molar refractivity (Wildman–Crippen MR) is 107 cm³/mol. The standard InChI is InChI=1S/C19H16ClN5O2S/c1-2-7-22-17(28)15-9-23-10-16-18(26)24(19(27)25(15,16)11-23)13-4-3-12(5-6-21)14(20)8-13/h1,3-4,8,15-16H,5,7,9-11H2/p+1. The van der Waals surface area contributed by atoms with E-state index >= 15 is 0 Å². The van der Waals surface area contributed by atoms with Crippen molar-refractivity contribution >= 4 is 46.4 Å². The molecule has 7 nitrogen and oxygen atoms in total. The zero-order valence-corrected chi connectivity index (χ0v) is 16.5. The molecular formula is C19H17ClN5O2S+. The fraction of sp³-hybridized carbons (Fsp3) is 0.368. The summed E-state index contributed by atoms with van der Waals surface area (Å²) in [6, 6.07) is 5.86. The van der Waals surface area contributed by atoms with E-state index in [2.05, 4.69) is 16.1 Å². The quantitative estimate of drug-likeness (QED) is 0.346. The van der Waals surface area contributed by atoms with E-state index < -0.39 is 6.04 Å². The Labute approximate surface area is 173 Å². The highest BCUT2D eigenvalue weighted by Gasteiger charge is 2.72. The number of quaternary nitrogens is 1. The van der Waals surface area contributed by atoms with Crippen molar-refractivity contribution in [1.82, 2.24) is 10.2 Å². The Morgan fingerprint density at radius 1 is 1.43 bits per heavy atom. The first-order chi connectivity index (χ1) is 13.4. The Bertz CT molecular complexity index is 984. The molecule has 4 rings (SSSR count). The largest absolute Gasteiger partial charge is 0.433 e. The summed E-state index contributed by atoms with van der Waals surface area (Å²) in [5.41, 5.74) is 1.08. The molecule has 3 aliphatic heterocycles. The van der Waals surface area contributed by atoms with Gasteiger partial charge >= 0.3 is 6.03 Å². The minimum Gasteiger partial charge on any atom is -0.364 e. The third-order valence-electron chi connectivity index (χ3n) is 5.69. The van der Waals surface area contributed by atoms with Crippen molar-refractivity contribution in [2.24, 2.45) is 0 Å². The molecular weight excluding hydrogens is 398 g/mol. The summed E-state index contributed by atoms with van der Waals surface area (Å²) in [4.78, 5) is 30.5. The number of hydrogen-bond donors (Lipinski definition) is 1. The van der Waals surface area contributed by atoms with Gasteiger partial charge in [0.05, 0.1) is 37.8 Å². The summed E-state index contributed by atoms with van der Waals surface area (Å²) in [6.45, 7) is 1.87. The van der Waals surface area contributed by atoms with Gasteiger partial charge in [-0.25, -0.2) is 14.2 Å². The van der Waals surface area contributed by atoms with Gasteiger partial charge in [0.15, 0.2) is 12.1 Å². The Hall–Kier alpha value is -2.49. The average Bonchev–Trinajstić information content (AvgIpc) is 3.30. The third-order valence-corrected chi connectivity index (χ3v) is 6.46. The van der Waals surface area contributed by atoms with Gasteiger partial charge in [0.1, 0.15) is 11.7 Å². The van der Waals surface area contributed by atoms with Crippen LogP contribution in [0, 0.1) is 23.7 Å².